The molecule has 2 rings (SSSR count). The van der Waals surface area contributed by atoms with Gasteiger partial charge in [0.1, 0.15) is 0 Å². The van der Waals surface area contributed by atoms with Crippen LogP contribution in [0.4, 0.5) is 5.69 Å². The van der Waals surface area contributed by atoms with Gasteiger partial charge in [0.15, 0.2) is 0 Å². The van der Waals surface area contributed by atoms with E-state index >= 15 is 0 Å². The lowest BCUT2D eigenvalue weighted by atomic mass is 9.93. The molecule has 0 N–H and O–H groups in total. The Morgan fingerprint density at radius 2 is 1.45 bits per heavy atom. The maximum absolute atomic E-state index is 12.0. The number of carbonyl (C=O) groups excluding carboxylic acids is 1. The smallest absolute Gasteiger partial charge is 0.334 e. The Hall–Kier alpha value is -2.55. The summed E-state index contributed by atoms with van der Waals surface area (Å²) in [7, 11) is 5.41. The number of hydrogen-bond acceptors (Lipinski definition) is 3. The molecule has 3 nitrogen and oxygen atoms in total. The van der Waals surface area contributed by atoms with Crippen LogP contribution in [0, 0.1) is 0 Å². The summed E-state index contributed by atoms with van der Waals surface area (Å²) >= 11 is 0. The fourth-order valence-corrected chi connectivity index (χ4v) is 2.39. The van der Waals surface area contributed by atoms with Gasteiger partial charge in [-0.3, -0.25) is 0 Å². The maximum Gasteiger partial charge on any atom is 0.334 e. The monoisotopic (exact) mass is 295 g/mol. The highest BCUT2D eigenvalue weighted by molar-refractivity contribution is 6.01. The summed E-state index contributed by atoms with van der Waals surface area (Å²) in [6.45, 7) is 1.80. The molecule has 0 unspecified atom stereocenters. The number of ether oxygens (including phenoxy) is 1. The third-order valence-electron chi connectivity index (χ3n) is 3.60. The Balaban J connectivity index is 2.57. The second kappa shape index (κ2) is 6.94. The van der Waals surface area contributed by atoms with E-state index < -0.39 is 0 Å². The van der Waals surface area contributed by atoms with Gasteiger partial charge in [0.2, 0.25) is 0 Å². The highest BCUT2D eigenvalue weighted by atomic mass is 16.5. The van der Waals surface area contributed by atoms with Crippen LogP contribution < -0.4 is 4.90 Å². The molecule has 0 fully saturated rings. The molecule has 0 spiro atoms. The summed E-state index contributed by atoms with van der Waals surface area (Å²) in [5.74, 6) is -0.310. The van der Waals surface area contributed by atoms with Gasteiger partial charge in [0.05, 0.1) is 7.11 Å². The minimum Gasteiger partial charge on any atom is -0.466 e. The van der Waals surface area contributed by atoms with Gasteiger partial charge < -0.3 is 9.64 Å². The van der Waals surface area contributed by atoms with Gasteiger partial charge in [-0.15, -0.1) is 0 Å². The normalized spacial score (nSPS) is 11.6. The van der Waals surface area contributed by atoms with Crippen molar-refractivity contribution < 1.29 is 9.53 Å². The van der Waals surface area contributed by atoms with Gasteiger partial charge in [0.25, 0.3) is 0 Å². The van der Waals surface area contributed by atoms with Crippen molar-refractivity contribution >= 4 is 17.2 Å². The molecule has 2 aromatic carbocycles. The lowest BCUT2D eigenvalue weighted by Crippen LogP contribution is -2.09. The van der Waals surface area contributed by atoms with Crippen molar-refractivity contribution in [3.8, 4) is 0 Å². The van der Waals surface area contributed by atoms with E-state index in [2.05, 4.69) is 0 Å². The Labute approximate surface area is 131 Å². The van der Waals surface area contributed by atoms with E-state index in [1.54, 1.807) is 6.92 Å². The predicted octanol–water partition coefficient (Wildman–Crippen LogP) is 3.75. The lowest BCUT2D eigenvalue weighted by molar-refractivity contribution is -0.135. The highest BCUT2D eigenvalue weighted by Gasteiger charge is 2.15. The summed E-state index contributed by atoms with van der Waals surface area (Å²) < 4.78 is 4.89. The third kappa shape index (κ3) is 3.37. The molecule has 2 aromatic rings. The molecule has 0 saturated carbocycles. The summed E-state index contributed by atoms with van der Waals surface area (Å²) in [6.07, 6.45) is 0. The van der Waals surface area contributed by atoms with E-state index in [-0.39, 0.29) is 5.97 Å². The minimum absolute atomic E-state index is 0.310. The van der Waals surface area contributed by atoms with Crippen molar-refractivity contribution in [2.75, 3.05) is 26.1 Å². The second-order valence-corrected chi connectivity index (χ2v) is 5.30. The number of methoxy groups -OCH3 is 1. The lowest BCUT2D eigenvalue weighted by Gasteiger charge is -2.15. The molecule has 3 heteroatoms. The molecular weight excluding hydrogens is 274 g/mol. The molecule has 0 aliphatic rings. The average Bonchev–Trinajstić information content (AvgIpc) is 2.55. The number of rotatable bonds is 4. The average molecular weight is 295 g/mol. The zero-order chi connectivity index (χ0) is 16.1. The van der Waals surface area contributed by atoms with Gasteiger partial charge in [-0.2, -0.15) is 0 Å². The standard InChI is InChI=1S/C19H21NO2/c1-14(19(21)22-4)18(15-8-6-5-7-9-15)16-10-12-17(13-11-16)20(2)3/h5-13H,1-4H3/b18-14-. The zero-order valence-electron chi connectivity index (χ0n) is 13.5. The third-order valence-corrected chi connectivity index (χ3v) is 3.60. The Morgan fingerprint density at radius 1 is 0.909 bits per heavy atom. The molecule has 0 aliphatic carbocycles. The van der Waals surface area contributed by atoms with Gasteiger partial charge in [-0.05, 0) is 35.8 Å². The van der Waals surface area contributed by atoms with Crippen molar-refractivity contribution in [2.45, 2.75) is 6.92 Å². The van der Waals surface area contributed by atoms with Crippen molar-refractivity contribution in [3.05, 3.63) is 71.3 Å². The van der Waals surface area contributed by atoms with E-state index in [0.717, 1.165) is 22.4 Å². The van der Waals surface area contributed by atoms with Crippen LogP contribution in [0.15, 0.2) is 60.2 Å². The maximum atomic E-state index is 12.0. The van der Waals surface area contributed by atoms with Crippen molar-refractivity contribution in [2.24, 2.45) is 0 Å². The molecule has 0 saturated heterocycles. The Kier molecular flexibility index (Phi) is 4.99. The summed E-state index contributed by atoms with van der Waals surface area (Å²) in [5, 5.41) is 0. The Morgan fingerprint density at radius 3 is 1.95 bits per heavy atom. The van der Waals surface area contributed by atoms with Crippen LogP contribution in [0.25, 0.3) is 5.57 Å². The molecule has 0 heterocycles. The number of nitrogens with zero attached hydrogens (tertiary/aromatic N) is 1. The van der Waals surface area contributed by atoms with Crippen LogP contribution in [0.5, 0.6) is 0 Å². The first-order valence-electron chi connectivity index (χ1n) is 7.17. The van der Waals surface area contributed by atoms with Crippen molar-refractivity contribution in [1.82, 2.24) is 0 Å². The Bertz CT molecular complexity index is 670. The fourth-order valence-electron chi connectivity index (χ4n) is 2.39. The molecule has 0 amide bonds. The largest absolute Gasteiger partial charge is 0.466 e. The second-order valence-electron chi connectivity index (χ2n) is 5.30. The molecule has 0 aliphatic heterocycles. The summed E-state index contributed by atoms with van der Waals surface area (Å²) in [4.78, 5) is 14.0. The van der Waals surface area contributed by atoms with E-state index in [0.29, 0.717) is 5.57 Å². The number of hydrogen-bond donors (Lipinski definition) is 0. The summed E-state index contributed by atoms with van der Waals surface area (Å²) in [5.41, 5.74) is 4.62. The van der Waals surface area contributed by atoms with E-state index in [9.17, 15) is 4.79 Å². The molecule has 0 atom stereocenters. The molecule has 0 aromatic heterocycles. The first kappa shape index (κ1) is 15.8. The van der Waals surface area contributed by atoms with Gasteiger partial charge in [0, 0.05) is 25.4 Å². The van der Waals surface area contributed by atoms with Gasteiger partial charge in [-0.25, -0.2) is 4.79 Å². The van der Waals surface area contributed by atoms with E-state index in [4.69, 9.17) is 4.74 Å². The summed E-state index contributed by atoms with van der Waals surface area (Å²) in [6, 6.07) is 18.1. The topological polar surface area (TPSA) is 29.5 Å². The molecule has 22 heavy (non-hydrogen) atoms. The zero-order valence-corrected chi connectivity index (χ0v) is 13.5. The van der Waals surface area contributed by atoms with Crippen LogP contribution >= 0.6 is 0 Å². The van der Waals surface area contributed by atoms with Gasteiger partial charge >= 0.3 is 5.97 Å². The van der Waals surface area contributed by atoms with Crippen LogP contribution in [0.3, 0.4) is 0 Å². The van der Waals surface area contributed by atoms with E-state index in [1.165, 1.54) is 7.11 Å². The first-order chi connectivity index (χ1) is 10.5. The molecular formula is C19H21NO2. The number of esters is 1. The van der Waals surface area contributed by atoms with Crippen LogP contribution in [0.2, 0.25) is 0 Å². The SMILES string of the molecule is COC(=O)/C(C)=C(/c1ccccc1)c1ccc(N(C)C)cc1. The fraction of sp³-hybridized carbons (Fsp3) is 0.211. The number of carbonyl (C=O) groups is 1. The van der Waals surface area contributed by atoms with Gasteiger partial charge in [-0.1, -0.05) is 42.5 Å². The quantitative estimate of drug-likeness (QED) is 0.635. The van der Waals surface area contributed by atoms with E-state index in [1.807, 2.05) is 73.6 Å². The molecule has 114 valence electrons. The number of anilines is 1. The predicted molar refractivity (Wildman–Crippen MR) is 90.9 cm³/mol. The van der Waals surface area contributed by atoms with Crippen molar-refractivity contribution in [3.63, 3.8) is 0 Å². The number of benzene rings is 2. The molecule has 0 bridgehead atoms. The minimum atomic E-state index is -0.310. The van der Waals surface area contributed by atoms with Crippen LogP contribution in [-0.4, -0.2) is 27.2 Å². The highest BCUT2D eigenvalue weighted by Crippen LogP contribution is 2.28. The van der Waals surface area contributed by atoms with Crippen molar-refractivity contribution in [1.29, 1.82) is 0 Å². The molecule has 0 radical (unpaired) electrons. The van der Waals surface area contributed by atoms with Crippen LogP contribution in [0.1, 0.15) is 18.1 Å². The van der Waals surface area contributed by atoms with Crippen LogP contribution in [-0.2, 0) is 9.53 Å². The first-order valence-corrected chi connectivity index (χ1v) is 7.17.